The number of nitrogens with zero attached hydrogens (tertiary/aromatic N) is 2. The molecule has 2 heterocycles. The van der Waals surface area contributed by atoms with Gasteiger partial charge in [0.25, 0.3) is 5.91 Å². The van der Waals surface area contributed by atoms with Crippen LogP contribution in [0, 0.1) is 6.92 Å². The molecule has 0 bridgehead atoms. The van der Waals surface area contributed by atoms with Gasteiger partial charge in [0.05, 0.1) is 27.9 Å². The lowest BCUT2D eigenvalue weighted by Gasteiger charge is -2.26. The molecule has 2 aromatic carbocycles. The van der Waals surface area contributed by atoms with Crippen LogP contribution in [-0.2, 0) is 23.6 Å². The van der Waals surface area contributed by atoms with Crippen molar-refractivity contribution in [1.29, 1.82) is 0 Å². The Labute approximate surface area is 257 Å². The highest BCUT2D eigenvalue weighted by Gasteiger charge is 2.37. The first-order valence-electron chi connectivity index (χ1n) is 14.1. The number of nitrogens with one attached hydrogen (secondary N) is 1. The third kappa shape index (κ3) is 7.91. The van der Waals surface area contributed by atoms with Crippen LogP contribution in [0.5, 0.6) is 0 Å². The number of halogens is 6. The summed E-state index contributed by atoms with van der Waals surface area (Å²) in [5.74, 6) is -1.49. The van der Waals surface area contributed by atoms with Crippen molar-refractivity contribution in [2.45, 2.75) is 58.6 Å². The number of carbonyl (C=O) groups is 2. The molecular formula is C33H33F6N3O3. The van der Waals surface area contributed by atoms with Gasteiger partial charge >= 0.3 is 18.3 Å². The number of hydrogen-bond acceptors (Lipinski definition) is 5. The van der Waals surface area contributed by atoms with Crippen LogP contribution in [0.3, 0.4) is 0 Å². The van der Waals surface area contributed by atoms with Gasteiger partial charge in [-0.25, -0.2) is 4.79 Å². The number of alkyl halides is 6. The van der Waals surface area contributed by atoms with Crippen LogP contribution in [0.2, 0.25) is 0 Å². The zero-order chi connectivity index (χ0) is 33.3. The number of aromatic nitrogens is 1. The van der Waals surface area contributed by atoms with E-state index in [0.29, 0.717) is 48.5 Å². The highest BCUT2D eigenvalue weighted by molar-refractivity contribution is 6.10. The van der Waals surface area contributed by atoms with Crippen molar-refractivity contribution in [2.75, 3.05) is 20.1 Å². The number of carbonyl (C=O) groups excluding carboxylic acids is 2. The third-order valence-electron chi connectivity index (χ3n) is 7.11. The summed E-state index contributed by atoms with van der Waals surface area (Å²) in [5, 5.41) is 3.20. The first-order valence-corrected chi connectivity index (χ1v) is 14.1. The monoisotopic (exact) mass is 633 g/mol. The van der Waals surface area contributed by atoms with Crippen LogP contribution < -0.4 is 5.32 Å². The summed E-state index contributed by atoms with van der Waals surface area (Å²) in [6.45, 7) is 7.45. The molecule has 3 aromatic rings. The van der Waals surface area contributed by atoms with Gasteiger partial charge in [-0.3, -0.25) is 9.78 Å². The smallest absolute Gasteiger partial charge is 0.416 e. The molecule has 0 spiro atoms. The maximum atomic E-state index is 14.0. The van der Waals surface area contributed by atoms with Crippen LogP contribution in [0.15, 0.2) is 54.7 Å². The van der Waals surface area contributed by atoms with E-state index in [2.05, 4.69) is 10.3 Å². The van der Waals surface area contributed by atoms with Crippen LogP contribution >= 0.6 is 0 Å². The molecule has 0 aliphatic carbocycles. The SMILES string of the molecule is Cc1ccccc1-c1c(C(=O)N(C)Cc2cc(C(F)(F)F)cc(C(F)(F)F)c2)cnc(C2=CCNCC2)c1C(=O)OC(C)(C)C. The molecule has 45 heavy (non-hydrogen) atoms. The second-order valence-corrected chi connectivity index (χ2v) is 11.8. The lowest BCUT2D eigenvalue weighted by atomic mass is 9.88. The molecule has 12 heteroatoms. The lowest BCUT2D eigenvalue weighted by molar-refractivity contribution is -0.143. The molecule has 0 saturated carbocycles. The van der Waals surface area contributed by atoms with Gasteiger partial charge in [-0.15, -0.1) is 0 Å². The lowest BCUT2D eigenvalue weighted by Crippen LogP contribution is -2.30. The standard InChI is InChI=1S/C33H33F6N3O3/c1-19-8-6-7-9-24(19)26-25(17-41-28(21-10-12-40-13-11-21)27(26)30(44)45-31(2,3)4)29(43)42(5)18-20-14-22(32(34,35)36)16-23(15-20)33(37,38)39/h6-10,14-17,40H,11-13,18H2,1-5H3. The topological polar surface area (TPSA) is 71.5 Å². The second kappa shape index (κ2) is 12.7. The average molecular weight is 634 g/mol. The van der Waals surface area contributed by atoms with E-state index in [1.54, 1.807) is 52.0 Å². The Hall–Kier alpha value is -4.19. The van der Waals surface area contributed by atoms with E-state index in [1.807, 2.05) is 6.08 Å². The quantitative estimate of drug-likeness (QED) is 0.223. The van der Waals surface area contributed by atoms with E-state index in [9.17, 15) is 35.9 Å². The third-order valence-corrected chi connectivity index (χ3v) is 7.11. The summed E-state index contributed by atoms with van der Waals surface area (Å²) in [7, 11) is 1.26. The summed E-state index contributed by atoms with van der Waals surface area (Å²) in [5.41, 5.74) is -1.73. The number of aryl methyl sites for hydroxylation is 1. The van der Waals surface area contributed by atoms with Crippen molar-refractivity contribution in [1.82, 2.24) is 15.2 Å². The summed E-state index contributed by atoms with van der Waals surface area (Å²) < 4.78 is 86.8. The number of hydrogen-bond donors (Lipinski definition) is 1. The number of ether oxygens (including phenoxy) is 1. The summed E-state index contributed by atoms with van der Waals surface area (Å²) in [4.78, 5) is 33.4. The van der Waals surface area contributed by atoms with E-state index in [1.165, 1.54) is 13.2 Å². The van der Waals surface area contributed by atoms with Crippen molar-refractivity contribution >= 4 is 17.4 Å². The summed E-state index contributed by atoms with van der Waals surface area (Å²) >= 11 is 0. The summed E-state index contributed by atoms with van der Waals surface area (Å²) in [6, 6.07) is 8.21. The number of rotatable bonds is 6. The molecule has 6 nitrogen and oxygen atoms in total. The zero-order valence-corrected chi connectivity index (χ0v) is 25.4. The van der Waals surface area contributed by atoms with E-state index >= 15 is 0 Å². The van der Waals surface area contributed by atoms with Crippen LogP contribution in [-0.4, -0.2) is 47.5 Å². The number of amides is 1. The van der Waals surface area contributed by atoms with Crippen molar-refractivity contribution in [3.05, 3.63) is 93.8 Å². The summed E-state index contributed by atoms with van der Waals surface area (Å²) in [6.07, 6.45) is -6.36. The van der Waals surface area contributed by atoms with E-state index in [4.69, 9.17) is 4.74 Å². The van der Waals surface area contributed by atoms with Gasteiger partial charge < -0.3 is 15.0 Å². The highest BCUT2D eigenvalue weighted by Crippen LogP contribution is 2.38. The molecule has 0 radical (unpaired) electrons. The van der Waals surface area contributed by atoms with E-state index in [0.717, 1.165) is 10.5 Å². The fourth-order valence-electron chi connectivity index (χ4n) is 5.08. The molecule has 0 unspecified atom stereocenters. The van der Waals surface area contributed by atoms with Gasteiger partial charge in [0.2, 0.25) is 0 Å². The number of pyridine rings is 1. The fourth-order valence-corrected chi connectivity index (χ4v) is 5.08. The van der Waals surface area contributed by atoms with Gasteiger partial charge in [0.15, 0.2) is 0 Å². The van der Waals surface area contributed by atoms with Gasteiger partial charge in [0.1, 0.15) is 5.60 Å². The van der Waals surface area contributed by atoms with Crippen molar-refractivity contribution in [3.63, 3.8) is 0 Å². The number of esters is 1. The molecule has 0 saturated heterocycles. The average Bonchev–Trinajstić information content (AvgIpc) is 2.95. The predicted octanol–water partition coefficient (Wildman–Crippen LogP) is 7.70. The minimum absolute atomic E-state index is 0.0346. The van der Waals surface area contributed by atoms with Crippen LogP contribution in [0.1, 0.15) is 75.9 Å². The second-order valence-electron chi connectivity index (χ2n) is 11.8. The molecule has 0 atom stereocenters. The minimum atomic E-state index is -5.04. The Morgan fingerprint density at radius 3 is 2.13 bits per heavy atom. The molecule has 1 aromatic heterocycles. The Bertz CT molecular complexity index is 1610. The molecule has 1 N–H and O–H groups in total. The molecule has 240 valence electrons. The molecular weight excluding hydrogens is 600 g/mol. The van der Waals surface area contributed by atoms with Crippen LogP contribution in [0.4, 0.5) is 26.3 Å². The number of benzene rings is 2. The van der Waals surface area contributed by atoms with E-state index in [-0.39, 0.29) is 28.3 Å². The Morgan fingerprint density at radius 1 is 0.978 bits per heavy atom. The normalized spacial score (nSPS) is 14.2. The van der Waals surface area contributed by atoms with Gasteiger partial charge in [-0.2, -0.15) is 26.3 Å². The van der Waals surface area contributed by atoms with Crippen molar-refractivity contribution < 1.29 is 40.7 Å². The highest BCUT2D eigenvalue weighted by atomic mass is 19.4. The predicted molar refractivity (Wildman–Crippen MR) is 157 cm³/mol. The van der Waals surface area contributed by atoms with Crippen molar-refractivity contribution in [2.24, 2.45) is 0 Å². The van der Waals surface area contributed by atoms with Crippen molar-refractivity contribution in [3.8, 4) is 11.1 Å². The molecule has 0 fully saturated rings. The molecule has 1 amide bonds. The largest absolute Gasteiger partial charge is 0.456 e. The molecule has 4 rings (SSSR count). The zero-order valence-electron chi connectivity index (χ0n) is 25.4. The molecule has 1 aliphatic heterocycles. The minimum Gasteiger partial charge on any atom is -0.456 e. The maximum absolute atomic E-state index is 14.0. The van der Waals surface area contributed by atoms with Gasteiger partial charge in [0, 0.05) is 31.9 Å². The van der Waals surface area contributed by atoms with Crippen LogP contribution in [0.25, 0.3) is 16.7 Å². The maximum Gasteiger partial charge on any atom is 0.416 e. The Balaban J connectivity index is 1.90. The fraction of sp³-hybridized carbons (Fsp3) is 0.364. The Morgan fingerprint density at radius 2 is 1.60 bits per heavy atom. The van der Waals surface area contributed by atoms with E-state index < -0.39 is 47.5 Å². The van der Waals surface area contributed by atoms with Gasteiger partial charge in [-0.1, -0.05) is 30.3 Å². The first kappa shape index (κ1) is 33.7. The first-order chi connectivity index (χ1) is 20.9. The van der Waals surface area contributed by atoms with Gasteiger partial charge in [-0.05, 0) is 81.1 Å². The Kier molecular flexibility index (Phi) is 9.48. The molecule has 1 aliphatic rings.